The van der Waals surface area contributed by atoms with Crippen LogP contribution in [0, 0.1) is 5.92 Å². The monoisotopic (exact) mass is 385 g/mol. The SMILES string of the molecule is CC(C)N1CCC(N2CCC(COc3cccc(C(F)(F)F)n3)CC2)C1=O. The van der Waals surface area contributed by atoms with E-state index < -0.39 is 11.9 Å². The highest BCUT2D eigenvalue weighted by atomic mass is 19.4. The van der Waals surface area contributed by atoms with Gasteiger partial charge < -0.3 is 9.64 Å². The molecule has 1 aromatic rings. The van der Waals surface area contributed by atoms with E-state index in [0.717, 1.165) is 45.0 Å². The molecule has 0 aliphatic carbocycles. The van der Waals surface area contributed by atoms with E-state index in [1.807, 2.05) is 18.7 Å². The summed E-state index contributed by atoms with van der Waals surface area (Å²) >= 11 is 0. The number of carbonyl (C=O) groups excluding carboxylic acids is 1. The number of pyridine rings is 1. The summed E-state index contributed by atoms with van der Waals surface area (Å²) in [5, 5.41) is 0. The van der Waals surface area contributed by atoms with Crippen molar-refractivity contribution in [1.29, 1.82) is 0 Å². The number of alkyl halides is 3. The van der Waals surface area contributed by atoms with Crippen LogP contribution in [-0.2, 0) is 11.0 Å². The van der Waals surface area contributed by atoms with E-state index >= 15 is 0 Å². The largest absolute Gasteiger partial charge is 0.477 e. The normalized spacial score (nSPS) is 22.7. The molecule has 150 valence electrons. The zero-order valence-corrected chi connectivity index (χ0v) is 15.7. The van der Waals surface area contributed by atoms with Crippen LogP contribution < -0.4 is 4.74 Å². The molecular weight excluding hydrogens is 359 g/mol. The molecule has 0 spiro atoms. The van der Waals surface area contributed by atoms with Crippen LogP contribution in [0.1, 0.15) is 38.8 Å². The molecule has 8 heteroatoms. The molecule has 2 saturated heterocycles. The van der Waals surface area contributed by atoms with Gasteiger partial charge in [-0.3, -0.25) is 9.69 Å². The average Bonchev–Trinajstić information content (AvgIpc) is 3.02. The number of rotatable bonds is 5. The Balaban J connectivity index is 1.47. The van der Waals surface area contributed by atoms with Gasteiger partial charge in [0, 0.05) is 18.7 Å². The molecule has 27 heavy (non-hydrogen) atoms. The summed E-state index contributed by atoms with van der Waals surface area (Å²) in [4.78, 5) is 20.2. The van der Waals surface area contributed by atoms with Crippen molar-refractivity contribution in [3.05, 3.63) is 23.9 Å². The Morgan fingerprint density at radius 1 is 1.19 bits per heavy atom. The molecule has 2 aliphatic rings. The number of aromatic nitrogens is 1. The van der Waals surface area contributed by atoms with Crippen molar-refractivity contribution in [3.8, 4) is 5.88 Å². The maximum Gasteiger partial charge on any atom is 0.433 e. The van der Waals surface area contributed by atoms with Gasteiger partial charge in [-0.05, 0) is 58.2 Å². The zero-order chi connectivity index (χ0) is 19.6. The van der Waals surface area contributed by atoms with Crippen LogP contribution in [0.25, 0.3) is 0 Å². The number of halogens is 3. The van der Waals surface area contributed by atoms with Crippen molar-refractivity contribution in [3.63, 3.8) is 0 Å². The summed E-state index contributed by atoms with van der Waals surface area (Å²) in [6.07, 6.45) is -1.87. The Labute approximate surface area is 157 Å². The summed E-state index contributed by atoms with van der Waals surface area (Å²) in [7, 11) is 0. The minimum Gasteiger partial charge on any atom is -0.477 e. The molecule has 0 bridgehead atoms. The molecule has 1 unspecified atom stereocenters. The zero-order valence-electron chi connectivity index (χ0n) is 15.7. The van der Waals surface area contributed by atoms with Gasteiger partial charge in [0.15, 0.2) is 0 Å². The molecular formula is C19H26F3N3O2. The fraction of sp³-hybridized carbons (Fsp3) is 0.684. The first kappa shape index (κ1) is 19.9. The Bertz CT molecular complexity index is 658. The molecule has 0 saturated carbocycles. The number of amides is 1. The Hall–Kier alpha value is -1.83. The van der Waals surface area contributed by atoms with Crippen LogP contribution in [0.3, 0.4) is 0 Å². The number of ether oxygens (including phenoxy) is 1. The van der Waals surface area contributed by atoms with Crippen LogP contribution in [0.4, 0.5) is 13.2 Å². The molecule has 1 aromatic heterocycles. The van der Waals surface area contributed by atoms with Crippen molar-refractivity contribution in [2.24, 2.45) is 5.92 Å². The fourth-order valence-corrected chi connectivity index (χ4v) is 3.83. The van der Waals surface area contributed by atoms with Gasteiger partial charge in [0.2, 0.25) is 11.8 Å². The number of hydrogen-bond acceptors (Lipinski definition) is 4. The maximum atomic E-state index is 12.7. The summed E-state index contributed by atoms with van der Waals surface area (Å²) < 4.78 is 43.6. The van der Waals surface area contributed by atoms with Crippen molar-refractivity contribution >= 4 is 5.91 Å². The molecule has 2 fully saturated rings. The summed E-state index contributed by atoms with van der Waals surface area (Å²) in [6.45, 7) is 6.85. The lowest BCUT2D eigenvalue weighted by Crippen LogP contribution is -2.47. The highest BCUT2D eigenvalue weighted by Crippen LogP contribution is 2.29. The molecule has 2 aliphatic heterocycles. The lowest BCUT2D eigenvalue weighted by molar-refractivity contribution is -0.141. The lowest BCUT2D eigenvalue weighted by Gasteiger charge is -2.35. The van der Waals surface area contributed by atoms with Gasteiger partial charge >= 0.3 is 6.18 Å². The Morgan fingerprint density at radius 2 is 1.89 bits per heavy atom. The standard InChI is InChI=1S/C19H26F3N3O2/c1-13(2)25-11-8-15(18(25)26)24-9-6-14(7-10-24)12-27-17-5-3-4-16(23-17)19(20,21)22/h3-5,13-15H,6-12H2,1-2H3. The first-order valence-corrected chi connectivity index (χ1v) is 9.47. The second-order valence-corrected chi connectivity index (χ2v) is 7.58. The van der Waals surface area contributed by atoms with Crippen LogP contribution in [0.2, 0.25) is 0 Å². The molecule has 5 nitrogen and oxygen atoms in total. The summed E-state index contributed by atoms with van der Waals surface area (Å²) in [5.41, 5.74) is -0.940. The third kappa shape index (κ3) is 4.72. The van der Waals surface area contributed by atoms with Crippen molar-refractivity contribution in [2.45, 2.75) is 51.4 Å². The average molecular weight is 385 g/mol. The van der Waals surface area contributed by atoms with E-state index in [9.17, 15) is 18.0 Å². The van der Waals surface area contributed by atoms with Gasteiger partial charge in [0.25, 0.3) is 0 Å². The van der Waals surface area contributed by atoms with Gasteiger partial charge in [0.05, 0.1) is 12.6 Å². The van der Waals surface area contributed by atoms with E-state index in [1.54, 1.807) is 0 Å². The molecule has 3 rings (SSSR count). The Morgan fingerprint density at radius 3 is 2.48 bits per heavy atom. The first-order chi connectivity index (χ1) is 12.8. The smallest absolute Gasteiger partial charge is 0.433 e. The van der Waals surface area contributed by atoms with Gasteiger partial charge in [-0.2, -0.15) is 13.2 Å². The second-order valence-electron chi connectivity index (χ2n) is 7.58. The molecule has 0 aromatic carbocycles. The molecule has 0 N–H and O–H groups in total. The van der Waals surface area contributed by atoms with Crippen LogP contribution in [-0.4, -0.2) is 59.0 Å². The predicted molar refractivity (Wildman–Crippen MR) is 94.3 cm³/mol. The molecule has 1 atom stereocenters. The van der Waals surface area contributed by atoms with Crippen molar-refractivity contribution < 1.29 is 22.7 Å². The third-order valence-corrected chi connectivity index (χ3v) is 5.41. The molecule has 0 radical (unpaired) electrons. The van der Waals surface area contributed by atoms with E-state index in [4.69, 9.17) is 4.74 Å². The van der Waals surface area contributed by atoms with Crippen LogP contribution in [0.5, 0.6) is 5.88 Å². The van der Waals surface area contributed by atoms with Crippen LogP contribution >= 0.6 is 0 Å². The van der Waals surface area contributed by atoms with Crippen LogP contribution in [0.15, 0.2) is 18.2 Å². The second kappa shape index (κ2) is 8.04. The Kier molecular flexibility index (Phi) is 5.93. The van der Waals surface area contributed by atoms with Gasteiger partial charge in [-0.1, -0.05) is 6.07 Å². The molecule has 1 amide bonds. The van der Waals surface area contributed by atoms with E-state index in [-0.39, 0.29) is 29.8 Å². The quantitative estimate of drug-likeness (QED) is 0.781. The number of piperidine rings is 1. The third-order valence-electron chi connectivity index (χ3n) is 5.41. The minimum absolute atomic E-state index is 0.00537. The minimum atomic E-state index is -4.47. The lowest BCUT2D eigenvalue weighted by atomic mass is 9.96. The van der Waals surface area contributed by atoms with E-state index in [2.05, 4.69) is 9.88 Å². The first-order valence-electron chi connectivity index (χ1n) is 9.47. The maximum absolute atomic E-state index is 12.7. The van der Waals surface area contributed by atoms with Gasteiger partial charge in [-0.15, -0.1) is 0 Å². The summed E-state index contributed by atoms with van der Waals surface area (Å²) in [5.74, 6) is 0.481. The van der Waals surface area contributed by atoms with E-state index in [1.165, 1.54) is 12.1 Å². The van der Waals surface area contributed by atoms with Crippen molar-refractivity contribution in [2.75, 3.05) is 26.2 Å². The van der Waals surface area contributed by atoms with Gasteiger partial charge in [0.1, 0.15) is 5.69 Å². The molecule has 3 heterocycles. The predicted octanol–water partition coefficient (Wildman–Crippen LogP) is 3.20. The number of likely N-dealkylation sites (tertiary alicyclic amines) is 2. The fourth-order valence-electron chi connectivity index (χ4n) is 3.83. The number of hydrogen-bond donors (Lipinski definition) is 0. The summed E-state index contributed by atoms with van der Waals surface area (Å²) in [6, 6.07) is 3.89. The van der Waals surface area contributed by atoms with E-state index in [0.29, 0.717) is 6.61 Å². The topological polar surface area (TPSA) is 45.7 Å². The number of nitrogens with zero attached hydrogens (tertiary/aromatic N) is 3. The highest BCUT2D eigenvalue weighted by molar-refractivity contribution is 5.84. The highest BCUT2D eigenvalue weighted by Gasteiger charge is 2.38. The number of carbonyl (C=O) groups is 1. The van der Waals surface area contributed by atoms with Crippen molar-refractivity contribution in [1.82, 2.24) is 14.8 Å². The van der Waals surface area contributed by atoms with Gasteiger partial charge in [-0.25, -0.2) is 4.98 Å².